The Morgan fingerprint density at radius 1 is 1.14 bits per heavy atom. The molecule has 1 aromatic carbocycles. The average Bonchev–Trinajstić information content (AvgIpc) is 2.89. The number of carbonyl (C=O) groups is 1. The number of rotatable bonds is 7. The zero-order valence-corrected chi connectivity index (χ0v) is 13.2. The largest absolute Gasteiger partial charge is 0.341 e. The van der Waals surface area contributed by atoms with Crippen LogP contribution in [0.1, 0.15) is 15.3 Å². The zero-order chi connectivity index (χ0) is 15.1. The van der Waals surface area contributed by atoms with Gasteiger partial charge in [-0.1, -0.05) is 30.3 Å². The minimum Gasteiger partial charge on any atom is -0.341 e. The number of amides is 1. The third-order valence-electron chi connectivity index (χ3n) is 3.39. The van der Waals surface area contributed by atoms with Crippen LogP contribution in [0.5, 0.6) is 0 Å². The molecule has 0 bridgehead atoms. The minimum absolute atomic E-state index is 0.165. The molecule has 1 aromatic heterocycles. The maximum Gasteiger partial charge on any atom is 0.227 e. The fourth-order valence-electron chi connectivity index (χ4n) is 2.27. The van der Waals surface area contributed by atoms with Gasteiger partial charge in [0.05, 0.1) is 6.42 Å². The molecule has 21 heavy (non-hydrogen) atoms. The molecule has 0 radical (unpaired) electrons. The molecule has 0 saturated heterocycles. The topological polar surface area (TPSA) is 46.3 Å². The van der Waals surface area contributed by atoms with Crippen molar-refractivity contribution >= 4 is 17.2 Å². The van der Waals surface area contributed by atoms with Crippen molar-refractivity contribution in [3.8, 4) is 0 Å². The van der Waals surface area contributed by atoms with Crippen LogP contribution < -0.4 is 5.73 Å². The van der Waals surface area contributed by atoms with Crippen molar-refractivity contribution in [3.05, 3.63) is 57.8 Å². The van der Waals surface area contributed by atoms with Gasteiger partial charge in [-0.05, 0) is 31.0 Å². The maximum atomic E-state index is 12.4. The molecule has 1 heterocycles. The first kappa shape index (κ1) is 15.7. The lowest BCUT2D eigenvalue weighted by atomic mass is 10.1. The molecule has 0 saturated carbocycles. The second kappa shape index (κ2) is 7.96. The SMILES string of the molecule is Cc1ccc(CC(=O)N(CCN)CCc2ccccc2)s1. The van der Waals surface area contributed by atoms with Crippen molar-refractivity contribution in [2.75, 3.05) is 19.6 Å². The van der Waals surface area contributed by atoms with Crippen molar-refractivity contribution in [3.63, 3.8) is 0 Å². The van der Waals surface area contributed by atoms with E-state index >= 15 is 0 Å². The van der Waals surface area contributed by atoms with Crippen LogP contribution in [0.15, 0.2) is 42.5 Å². The predicted octanol–water partition coefficient (Wildman–Crippen LogP) is 2.63. The quantitative estimate of drug-likeness (QED) is 0.854. The summed E-state index contributed by atoms with van der Waals surface area (Å²) in [5, 5.41) is 0. The van der Waals surface area contributed by atoms with Gasteiger partial charge in [-0.2, -0.15) is 0 Å². The fourth-order valence-corrected chi connectivity index (χ4v) is 3.15. The molecular weight excluding hydrogens is 280 g/mol. The molecule has 0 spiro atoms. The van der Waals surface area contributed by atoms with Crippen LogP contribution in [0.4, 0.5) is 0 Å². The molecular formula is C17H22N2OS. The Morgan fingerprint density at radius 3 is 2.52 bits per heavy atom. The number of nitrogens with two attached hydrogens (primary N) is 1. The van der Waals surface area contributed by atoms with E-state index in [2.05, 4.69) is 25.1 Å². The number of benzene rings is 1. The van der Waals surface area contributed by atoms with E-state index in [1.165, 1.54) is 10.4 Å². The molecule has 1 amide bonds. The summed E-state index contributed by atoms with van der Waals surface area (Å²) >= 11 is 1.69. The number of nitrogens with zero attached hydrogens (tertiary/aromatic N) is 1. The van der Waals surface area contributed by atoms with Gasteiger partial charge in [0.25, 0.3) is 0 Å². The highest BCUT2D eigenvalue weighted by molar-refractivity contribution is 7.12. The third-order valence-corrected chi connectivity index (χ3v) is 4.39. The molecule has 0 aliphatic rings. The highest BCUT2D eigenvalue weighted by atomic mass is 32.1. The molecule has 0 fully saturated rings. The summed E-state index contributed by atoms with van der Waals surface area (Å²) in [5.74, 6) is 0.165. The Hall–Kier alpha value is -1.65. The van der Waals surface area contributed by atoms with Crippen LogP contribution in [0.3, 0.4) is 0 Å². The van der Waals surface area contributed by atoms with Gasteiger partial charge in [0.2, 0.25) is 5.91 Å². The number of aryl methyl sites for hydroxylation is 1. The fraction of sp³-hybridized carbons (Fsp3) is 0.353. The first-order valence-electron chi connectivity index (χ1n) is 7.26. The second-order valence-corrected chi connectivity index (χ2v) is 6.47. The summed E-state index contributed by atoms with van der Waals surface area (Å²) in [7, 11) is 0. The maximum absolute atomic E-state index is 12.4. The highest BCUT2D eigenvalue weighted by Crippen LogP contribution is 2.16. The Kier molecular flexibility index (Phi) is 5.96. The van der Waals surface area contributed by atoms with Gasteiger partial charge < -0.3 is 10.6 Å². The normalized spacial score (nSPS) is 10.6. The van der Waals surface area contributed by atoms with E-state index in [0.29, 0.717) is 19.5 Å². The number of hydrogen-bond donors (Lipinski definition) is 1. The first-order chi connectivity index (χ1) is 10.2. The van der Waals surface area contributed by atoms with Crippen LogP contribution >= 0.6 is 11.3 Å². The van der Waals surface area contributed by atoms with Crippen LogP contribution in [-0.2, 0) is 17.6 Å². The van der Waals surface area contributed by atoms with Gasteiger partial charge in [-0.25, -0.2) is 0 Å². The molecule has 0 atom stereocenters. The van der Waals surface area contributed by atoms with Crippen molar-refractivity contribution in [1.29, 1.82) is 0 Å². The minimum atomic E-state index is 0.165. The molecule has 2 N–H and O–H groups in total. The first-order valence-corrected chi connectivity index (χ1v) is 8.08. The van der Waals surface area contributed by atoms with Crippen LogP contribution in [0.2, 0.25) is 0 Å². The lowest BCUT2D eigenvalue weighted by Gasteiger charge is -2.22. The average molecular weight is 302 g/mol. The summed E-state index contributed by atoms with van der Waals surface area (Å²) in [6.45, 7) is 3.91. The van der Waals surface area contributed by atoms with Crippen molar-refractivity contribution in [2.45, 2.75) is 19.8 Å². The van der Waals surface area contributed by atoms with Crippen molar-refractivity contribution in [1.82, 2.24) is 4.90 Å². The van der Waals surface area contributed by atoms with Gasteiger partial charge in [-0.3, -0.25) is 4.79 Å². The molecule has 0 aliphatic carbocycles. The molecule has 4 heteroatoms. The van der Waals surface area contributed by atoms with E-state index in [1.54, 1.807) is 11.3 Å². The number of carbonyl (C=O) groups excluding carboxylic acids is 1. The Morgan fingerprint density at radius 2 is 1.90 bits per heavy atom. The van der Waals surface area contributed by atoms with Crippen LogP contribution in [-0.4, -0.2) is 30.4 Å². The molecule has 112 valence electrons. The van der Waals surface area contributed by atoms with E-state index in [1.807, 2.05) is 29.2 Å². The van der Waals surface area contributed by atoms with Gasteiger partial charge >= 0.3 is 0 Å². The Bertz CT molecular complexity index is 565. The van der Waals surface area contributed by atoms with Gasteiger partial charge in [0.1, 0.15) is 0 Å². The van der Waals surface area contributed by atoms with Crippen LogP contribution in [0, 0.1) is 6.92 Å². The van der Waals surface area contributed by atoms with Gasteiger partial charge in [0.15, 0.2) is 0 Å². The number of hydrogen-bond acceptors (Lipinski definition) is 3. The predicted molar refractivity (Wildman–Crippen MR) is 88.5 cm³/mol. The summed E-state index contributed by atoms with van der Waals surface area (Å²) in [6, 6.07) is 14.3. The zero-order valence-electron chi connectivity index (χ0n) is 12.4. The van der Waals surface area contributed by atoms with Crippen molar-refractivity contribution < 1.29 is 4.79 Å². The van der Waals surface area contributed by atoms with E-state index in [4.69, 9.17) is 5.73 Å². The lowest BCUT2D eigenvalue weighted by Crippen LogP contribution is -2.37. The molecule has 2 aromatic rings. The summed E-state index contributed by atoms with van der Waals surface area (Å²) < 4.78 is 0. The Balaban J connectivity index is 1.92. The molecule has 0 unspecified atom stereocenters. The second-order valence-electron chi connectivity index (χ2n) is 5.09. The highest BCUT2D eigenvalue weighted by Gasteiger charge is 2.14. The molecule has 0 aliphatic heterocycles. The van der Waals surface area contributed by atoms with E-state index in [9.17, 15) is 4.79 Å². The summed E-state index contributed by atoms with van der Waals surface area (Å²) in [5.41, 5.74) is 6.89. The van der Waals surface area contributed by atoms with Crippen LogP contribution in [0.25, 0.3) is 0 Å². The van der Waals surface area contributed by atoms with Gasteiger partial charge in [0, 0.05) is 29.4 Å². The summed E-state index contributed by atoms with van der Waals surface area (Å²) in [4.78, 5) is 16.7. The van der Waals surface area contributed by atoms with Crippen molar-refractivity contribution in [2.24, 2.45) is 5.73 Å². The summed E-state index contributed by atoms with van der Waals surface area (Å²) in [6.07, 6.45) is 1.35. The standard InChI is InChI=1S/C17H22N2OS/c1-14-7-8-16(21-14)13-17(20)19(12-10-18)11-9-15-5-3-2-4-6-15/h2-8H,9-13,18H2,1H3. The lowest BCUT2D eigenvalue weighted by molar-refractivity contribution is -0.130. The molecule has 2 rings (SSSR count). The van der Waals surface area contributed by atoms with Gasteiger partial charge in [-0.15, -0.1) is 11.3 Å². The van der Waals surface area contributed by atoms with E-state index < -0.39 is 0 Å². The molecule has 3 nitrogen and oxygen atoms in total. The third kappa shape index (κ3) is 4.99. The smallest absolute Gasteiger partial charge is 0.227 e. The Labute approximate surface area is 130 Å². The van der Waals surface area contributed by atoms with E-state index in [0.717, 1.165) is 17.8 Å². The monoisotopic (exact) mass is 302 g/mol. The number of thiophene rings is 1. The van der Waals surface area contributed by atoms with E-state index in [-0.39, 0.29) is 5.91 Å².